The molecule has 150 valence electrons. The Morgan fingerprint density at radius 1 is 1.17 bits per heavy atom. The van der Waals surface area contributed by atoms with Crippen molar-refractivity contribution in [3.8, 4) is 0 Å². The Morgan fingerprint density at radius 3 is 2.59 bits per heavy atom. The molecule has 1 aliphatic heterocycles. The molecule has 2 aliphatic rings. The van der Waals surface area contributed by atoms with Gasteiger partial charge in [-0.15, -0.1) is 0 Å². The Kier molecular flexibility index (Phi) is 5.21. The lowest BCUT2D eigenvalue weighted by molar-refractivity contribution is -0.151. The van der Waals surface area contributed by atoms with Gasteiger partial charge in [-0.2, -0.15) is 0 Å². The Morgan fingerprint density at radius 2 is 1.90 bits per heavy atom. The van der Waals surface area contributed by atoms with E-state index in [1.807, 2.05) is 56.3 Å². The summed E-state index contributed by atoms with van der Waals surface area (Å²) < 4.78 is 5.93. The van der Waals surface area contributed by atoms with Gasteiger partial charge in [0.1, 0.15) is 5.92 Å². The average Bonchev–Trinajstić information content (AvgIpc) is 2.86. The molecule has 6 heteroatoms. The normalized spacial score (nSPS) is 23.3. The lowest BCUT2D eigenvalue weighted by atomic mass is 9.75. The van der Waals surface area contributed by atoms with E-state index < -0.39 is 11.9 Å². The van der Waals surface area contributed by atoms with Crippen LogP contribution in [0.5, 0.6) is 0 Å². The van der Waals surface area contributed by atoms with Gasteiger partial charge in [-0.05, 0) is 48.6 Å². The molecule has 3 unspecified atom stereocenters. The largest absolute Gasteiger partial charge is 0.468 e. The summed E-state index contributed by atoms with van der Waals surface area (Å²) in [6.45, 7) is 3.95. The summed E-state index contributed by atoms with van der Waals surface area (Å²) in [7, 11) is 1.33. The van der Waals surface area contributed by atoms with Gasteiger partial charge < -0.3 is 15.4 Å². The Bertz CT molecular complexity index is 1030. The van der Waals surface area contributed by atoms with Crippen LogP contribution < -0.4 is 10.6 Å². The van der Waals surface area contributed by atoms with Gasteiger partial charge >= 0.3 is 5.97 Å². The van der Waals surface area contributed by atoms with E-state index in [0.717, 1.165) is 32.7 Å². The molecule has 2 aromatic rings. The maximum Gasteiger partial charge on any atom is 0.316 e. The van der Waals surface area contributed by atoms with Gasteiger partial charge in [0, 0.05) is 15.7 Å². The summed E-state index contributed by atoms with van der Waals surface area (Å²) in [6, 6.07) is 13.6. The third kappa shape index (κ3) is 3.46. The number of nitrogens with one attached hydrogen (secondary N) is 2. The molecular formula is C23H23BrN2O3. The van der Waals surface area contributed by atoms with E-state index in [9.17, 15) is 9.59 Å². The monoisotopic (exact) mass is 454 g/mol. The maximum absolute atomic E-state index is 13.6. The minimum Gasteiger partial charge on any atom is -0.468 e. The van der Waals surface area contributed by atoms with Crippen molar-refractivity contribution in [1.82, 2.24) is 0 Å². The molecule has 2 aromatic carbocycles. The zero-order valence-electron chi connectivity index (χ0n) is 16.6. The number of hydrogen-bond donors (Lipinski definition) is 2. The highest BCUT2D eigenvalue weighted by Gasteiger charge is 2.44. The number of benzene rings is 2. The predicted octanol–water partition coefficient (Wildman–Crippen LogP) is 4.99. The first-order chi connectivity index (χ1) is 13.9. The van der Waals surface area contributed by atoms with Gasteiger partial charge in [0.2, 0.25) is 0 Å². The summed E-state index contributed by atoms with van der Waals surface area (Å²) >= 11 is 3.60. The number of carbonyl (C=O) groups excluding carboxylic acids is 2. The average molecular weight is 455 g/mol. The summed E-state index contributed by atoms with van der Waals surface area (Å²) in [5.41, 5.74) is 5.38. The number of para-hydroxylation sites is 2. The zero-order chi connectivity index (χ0) is 20.7. The Balaban J connectivity index is 1.89. The lowest BCUT2D eigenvalue weighted by Crippen LogP contribution is -2.39. The Hall–Kier alpha value is -2.60. The molecule has 2 N–H and O–H groups in total. The van der Waals surface area contributed by atoms with Crippen molar-refractivity contribution in [1.29, 1.82) is 0 Å². The third-order valence-electron chi connectivity index (χ3n) is 5.75. The highest BCUT2D eigenvalue weighted by Crippen LogP contribution is 2.44. The van der Waals surface area contributed by atoms with Crippen LogP contribution in [0.25, 0.3) is 0 Å². The number of methoxy groups -OCH3 is 1. The fraction of sp³-hybridized carbons (Fsp3) is 0.304. The molecule has 0 saturated carbocycles. The topological polar surface area (TPSA) is 67.4 Å². The SMILES string of the molecule is COC(=O)C1C(=O)C2=C(CC1C)Nc1ccccc1NC2c1ccc(C)c(Br)c1. The van der Waals surface area contributed by atoms with Crippen molar-refractivity contribution in [3.05, 3.63) is 69.3 Å². The number of rotatable bonds is 2. The minimum atomic E-state index is -0.792. The van der Waals surface area contributed by atoms with Crippen LogP contribution in [-0.2, 0) is 14.3 Å². The van der Waals surface area contributed by atoms with Crippen LogP contribution in [0.4, 0.5) is 11.4 Å². The van der Waals surface area contributed by atoms with E-state index in [1.165, 1.54) is 7.11 Å². The second-order valence-electron chi connectivity index (χ2n) is 7.70. The van der Waals surface area contributed by atoms with Crippen LogP contribution in [0.1, 0.15) is 30.5 Å². The number of ether oxygens (including phenoxy) is 1. The van der Waals surface area contributed by atoms with Crippen LogP contribution in [0.3, 0.4) is 0 Å². The molecule has 0 fully saturated rings. The fourth-order valence-corrected chi connectivity index (χ4v) is 4.57. The number of Topliss-reactive ketones (excluding diaryl/α,β-unsaturated/α-hetero) is 1. The predicted molar refractivity (Wildman–Crippen MR) is 117 cm³/mol. The van der Waals surface area contributed by atoms with E-state index in [1.54, 1.807) is 0 Å². The summed E-state index contributed by atoms with van der Waals surface area (Å²) in [5.74, 6) is -1.59. The molecular weight excluding hydrogens is 432 g/mol. The van der Waals surface area contributed by atoms with E-state index in [0.29, 0.717) is 12.0 Å². The summed E-state index contributed by atoms with van der Waals surface area (Å²) in [5, 5.41) is 6.99. The van der Waals surface area contributed by atoms with Crippen molar-refractivity contribution < 1.29 is 14.3 Å². The van der Waals surface area contributed by atoms with Gasteiger partial charge in [0.05, 0.1) is 24.5 Å². The van der Waals surface area contributed by atoms with Crippen LogP contribution in [0, 0.1) is 18.8 Å². The molecule has 0 radical (unpaired) electrons. The van der Waals surface area contributed by atoms with Gasteiger partial charge in [0.25, 0.3) is 0 Å². The van der Waals surface area contributed by atoms with E-state index >= 15 is 0 Å². The molecule has 1 aliphatic carbocycles. The molecule has 0 aromatic heterocycles. The number of allylic oxidation sites excluding steroid dienone is 1. The second kappa shape index (κ2) is 7.67. The van der Waals surface area contributed by atoms with Crippen molar-refractivity contribution in [2.24, 2.45) is 11.8 Å². The molecule has 4 rings (SSSR count). The van der Waals surface area contributed by atoms with Crippen molar-refractivity contribution in [3.63, 3.8) is 0 Å². The summed E-state index contributed by atoms with van der Waals surface area (Å²) in [6.07, 6.45) is 0.598. The molecule has 0 amide bonds. The second-order valence-corrected chi connectivity index (χ2v) is 8.55. The number of esters is 1. The highest BCUT2D eigenvalue weighted by molar-refractivity contribution is 9.10. The molecule has 3 atom stereocenters. The van der Waals surface area contributed by atoms with Crippen molar-refractivity contribution in [2.45, 2.75) is 26.3 Å². The first-order valence-electron chi connectivity index (χ1n) is 9.64. The van der Waals surface area contributed by atoms with E-state index in [4.69, 9.17) is 4.74 Å². The van der Waals surface area contributed by atoms with Crippen LogP contribution in [0.2, 0.25) is 0 Å². The lowest BCUT2D eigenvalue weighted by Gasteiger charge is -2.32. The molecule has 0 saturated heterocycles. The standard InChI is InChI=1S/C23H23BrN2O3/c1-12-8-9-14(11-15(12)24)21-20-18(25-16-6-4-5-7-17(16)26-21)10-13(2)19(22(20)27)23(28)29-3/h4-9,11,13,19,21,25-26H,10H2,1-3H3. The van der Waals surface area contributed by atoms with Crippen molar-refractivity contribution >= 4 is 39.1 Å². The number of hydrogen-bond acceptors (Lipinski definition) is 5. The smallest absolute Gasteiger partial charge is 0.316 e. The van der Waals surface area contributed by atoms with Gasteiger partial charge in [-0.3, -0.25) is 9.59 Å². The molecule has 5 nitrogen and oxygen atoms in total. The Labute approximate surface area is 178 Å². The highest BCUT2D eigenvalue weighted by atomic mass is 79.9. The molecule has 29 heavy (non-hydrogen) atoms. The first kappa shape index (κ1) is 19.7. The molecule has 1 heterocycles. The quantitative estimate of drug-likeness (QED) is 0.494. The number of halogens is 1. The fourth-order valence-electron chi connectivity index (χ4n) is 4.17. The molecule has 0 spiro atoms. The number of carbonyl (C=O) groups is 2. The number of anilines is 2. The van der Waals surface area contributed by atoms with Crippen LogP contribution in [0.15, 0.2) is 58.2 Å². The van der Waals surface area contributed by atoms with Crippen molar-refractivity contribution in [2.75, 3.05) is 17.7 Å². The number of aryl methyl sites for hydroxylation is 1. The molecule has 0 bridgehead atoms. The number of ketones is 1. The summed E-state index contributed by atoms with van der Waals surface area (Å²) in [4.78, 5) is 26.0. The minimum absolute atomic E-state index is 0.142. The van der Waals surface area contributed by atoms with E-state index in [-0.39, 0.29) is 17.7 Å². The number of fused-ring (bicyclic) bond motifs is 1. The maximum atomic E-state index is 13.6. The van der Waals surface area contributed by atoms with Gasteiger partial charge in [-0.25, -0.2) is 0 Å². The first-order valence-corrected chi connectivity index (χ1v) is 10.4. The van der Waals surface area contributed by atoms with Crippen LogP contribution >= 0.6 is 15.9 Å². The van der Waals surface area contributed by atoms with Gasteiger partial charge in [-0.1, -0.05) is 47.1 Å². The van der Waals surface area contributed by atoms with Crippen LogP contribution in [-0.4, -0.2) is 18.9 Å². The zero-order valence-corrected chi connectivity index (χ0v) is 18.2. The third-order valence-corrected chi connectivity index (χ3v) is 6.61. The van der Waals surface area contributed by atoms with E-state index in [2.05, 4.69) is 26.6 Å². The van der Waals surface area contributed by atoms with Gasteiger partial charge in [0.15, 0.2) is 5.78 Å².